The summed E-state index contributed by atoms with van der Waals surface area (Å²) in [6, 6.07) is 50.4. The smallest absolute Gasteiger partial charge is 0.343 e. The molecule has 0 unspecified atom stereocenters. The fourth-order valence-electron chi connectivity index (χ4n) is 8.03. The van der Waals surface area contributed by atoms with Crippen LogP contribution in [0.1, 0.15) is 64.5 Å². The van der Waals surface area contributed by atoms with E-state index in [9.17, 15) is 0 Å². The van der Waals surface area contributed by atoms with E-state index in [1.165, 1.54) is 99.7 Å². The maximum atomic E-state index is 3.60. The zero-order valence-electron chi connectivity index (χ0n) is 33.4. The summed E-state index contributed by atoms with van der Waals surface area (Å²) in [6.45, 7) is 21.2. The second-order valence-electron chi connectivity index (χ2n) is 14.7. The molecule has 0 radical (unpaired) electrons. The number of hydrogen-bond donors (Lipinski definition) is 0. The summed E-state index contributed by atoms with van der Waals surface area (Å²) >= 11 is 0. The summed E-state index contributed by atoms with van der Waals surface area (Å²) in [5.41, 5.74) is 8.45. The fraction of sp³-hybridized carbons (Fsp3) is 0.231. The van der Waals surface area contributed by atoms with Crippen LogP contribution in [0.25, 0.3) is 65.3 Å². The molecule has 8 rings (SSSR count). The van der Waals surface area contributed by atoms with E-state index in [1.807, 2.05) is 0 Å². The second-order valence-corrected chi connectivity index (χ2v) is 19.0. The van der Waals surface area contributed by atoms with Crippen LogP contribution >= 0.6 is 0 Å². The van der Waals surface area contributed by atoms with Crippen molar-refractivity contribution in [3.05, 3.63) is 158 Å². The van der Waals surface area contributed by atoms with Crippen LogP contribution in [-0.2, 0) is 34.6 Å². The number of benzene rings is 6. The molecule has 0 saturated carbocycles. The molecule has 0 aliphatic heterocycles. The van der Waals surface area contributed by atoms with E-state index >= 15 is 0 Å². The Morgan fingerprint density at radius 1 is 0.481 bits per heavy atom. The molecule has 0 atom stereocenters. The molecule has 0 aromatic heterocycles. The van der Waals surface area contributed by atoms with Gasteiger partial charge in [-0.2, -0.15) is 12.8 Å². The molecule has 0 aliphatic carbocycles. The van der Waals surface area contributed by atoms with Crippen LogP contribution in [0.15, 0.2) is 133 Å². The SMILES string of the molecule is CCc1[cH-]c2cccc([Si](C)(C)c3cccc4[cH-]c(CC)c(-c5cccc6ccccc56)c34)c2c1-c1cccc2ccccc12.[CH2-]CCC.[CH2-]CCC.[Ti+4]. The Morgan fingerprint density at radius 3 is 1.20 bits per heavy atom. The molecule has 0 fully saturated rings. The van der Waals surface area contributed by atoms with Crippen molar-refractivity contribution in [3.8, 4) is 22.3 Å². The molecular weight excluding hydrogens is 701 g/mol. The van der Waals surface area contributed by atoms with Gasteiger partial charge in [0, 0.05) is 0 Å². The summed E-state index contributed by atoms with van der Waals surface area (Å²) in [4.78, 5) is 0. The second kappa shape index (κ2) is 18.6. The Balaban J connectivity index is 0.000000570. The van der Waals surface area contributed by atoms with Crippen molar-refractivity contribution in [3.63, 3.8) is 0 Å². The van der Waals surface area contributed by atoms with Gasteiger partial charge in [-0.1, -0.05) is 172 Å². The van der Waals surface area contributed by atoms with E-state index in [1.54, 1.807) is 0 Å². The van der Waals surface area contributed by atoms with Crippen LogP contribution in [0, 0.1) is 13.8 Å². The number of hydrogen-bond acceptors (Lipinski definition) is 0. The molecule has 0 amide bonds. The van der Waals surface area contributed by atoms with Crippen molar-refractivity contribution < 1.29 is 21.7 Å². The van der Waals surface area contributed by atoms with Gasteiger partial charge in [-0.25, -0.2) is 0 Å². The van der Waals surface area contributed by atoms with Crippen molar-refractivity contribution in [2.45, 2.75) is 79.3 Å². The van der Waals surface area contributed by atoms with Crippen molar-refractivity contribution in [1.29, 1.82) is 0 Å². The third kappa shape index (κ3) is 7.88. The van der Waals surface area contributed by atoms with Gasteiger partial charge in [0.05, 0.1) is 8.07 Å². The zero-order valence-corrected chi connectivity index (χ0v) is 35.9. The topological polar surface area (TPSA) is 0 Å². The summed E-state index contributed by atoms with van der Waals surface area (Å²) in [6.07, 6.45) is 6.58. The van der Waals surface area contributed by atoms with E-state index in [2.05, 4.69) is 188 Å². The number of unbranched alkanes of at least 4 members (excludes halogenated alkanes) is 2. The first-order valence-electron chi connectivity index (χ1n) is 19.8. The van der Waals surface area contributed by atoms with Gasteiger partial charge in [-0.15, -0.1) is 80.2 Å². The maximum absolute atomic E-state index is 3.60. The van der Waals surface area contributed by atoms with Crippen LogP contribution in [0.5, 0.6) is 0 Å². The van der Waals surface area contributed by atoms with E-state index in [0.717, 1.165) is 25.7 Å². The Hall–Kier alpha value is -4.01. The first-order valence-corrected chi connectivity index (χ1v) is 22.8. The fourth-order valence-corrected chi connectivity index (χ4v) is 11.1. The normalized spacial score (nSPS) is 11.3. The molecule has 0 N–H and O–H groups in total. The van der Waals surface area contributed by atoms with Gasteiger partial charge in [0.2, 0.25) is 0 Å². The third-order valence-corrected chi connectivity index (χ3v) is 14.5. The van der Waals surface area contributed by atoms with E-state index < -0.39 is 8.07 Å². The van der Waals surface area contributed by atoms with Gasteiger partial charge < -0.3 is 13.8 Å². The minimum atomic E-state index is -2.25. The molecule has 2 heteroatoms. The van der Waals surface area contributed by atoms with E-state index in [0.29, 0.717) is 0 Å². The van der Waals surface area contributed by atoms with Crippen molar-refractivity contribution in [2.75, 3.05) is 0 Å². The summed E-state index contributed by atoms with van der Waals surface area (Å²) in [7, 11) is -2.25. The average Bonchev–Trinajstić information content (AvgIpc) is 3.79. The van der Waals surface area contributed by atoms with Crippen molar-refractivity contribution in [1.82, 2.24) is 0 Å². The Labute approximate surface area is 341 Å². The molecule has 0 spiro atoms. The molecule has 0 nitrogen and oxygen atoms in total. The van der Waals surface area contributed by atoms with Gasteiger partial charge in [-0.05, 0) is 34.4 Å². The average molecular weight is 757 g/mol. The number of aryl methyl sites for hydroxylation is 2. The minimum Gasteiger partial charge on any atom is -0.343 e. The standard InChI is InChI=1S/C44H38Si.2C4H9.Ti/c1-5-29-27-33-19-13-25-39(43(33)41(29)37-23-11-17-31-15-7-9-21-35(31)37)45(3,4)40-26-14-20-34-28-30(6-2)42(44(34)40)38-24-12-18-32-16-8-10-22-36(32)38;2*1-3-4-2;/h7-28H,5-6H2,1-4H3;2*1,3-4H2,2H3;/q-2;2*-1;+4. The first-order chi connectivity index (χ1) is 25.8. The quantitative estimate of drug-likeness (QED) is 0.107. The van der Waals surface area contributed by atoms with Crippen LogP contribution in [0.2, 0.25) is 13.1 Å². The van der Waals surface area contributed by atoms with Gasteiger partial charge in [0.15, 0.2) is 0 Å². The Bertz CT molecular complexity index is 2270. The first kappa shape index (κ1) is 41.2. The zero-order chi connectivity index (χ0) is 37.5. The predicted octanol–water partition coefficient (Wildman–Crippen LogP) is 14.3. The molecule has 272 valence electrons. The van der Waals surface area contributed by atoms with Crippen molar-refractivity contribution in [2.24, 2.45) is 0 Å². The van der Waals surface area contributed by atoms with Gasteiger partial charge >= 0.3 is 21.7 Å². The van der Waals surface area contributed by atoms with Gasteiger partial charge in [-0.3, -0.25) is 0 Å². The largest absolute Gasteiger partial charge is 4.00 e. The molecule has 8 aromatic carbocycles. The third-order valence-electron chi connectivity index (χ3n) is 10.9. The molecule has 0 aliphatic rings. The monoisotopic (exact) mass is 756 g/mol. The van der Waals surface area contributed by atoms with Crippen molar-refractivity contribution >= 4 is 61.5 Å². The number of rotatable bonds is 8. The molecule has 54 heavy (non-hydrogen) atoms. The summed E-state index contributed by atoms with van der Waals surface area (Å²) < 4.78 is 0. The van der Waals surface area contributed by atoms with Crippen LogP contribution in [0.4, 0.5) is 0 Å². The van der Waals surface area contributed by atoms with Crippen LogP contribution in [0.3, 0.4) is 0 Å². The summed E-state index contributed by atoms with van der Waals surface area (Å²) in [5, 5.41) is 14.0. The molecule has 0 heterocycles. The minimum absolute atomic E-state index is 0. The predicted molar refractivity (Wildman–Crippen MR) is 241 cm³/mol. The summed E-state index contributed by atoms with van der Waals surface area (Å²) in [5.74, 6) is 0. The van der Waals surface area contributed by atoms with E-state index in [4.69, 9.17) is 0 Å². The van der Waals surface area contributed by atoms with Gasteiger partial charge in [0.25, 0.3) is 0 Å². The number of fused-ring (bicyclic) bond motifs is 4. The Morgan fingerprint density at radius 2 is 0.833 bits per heavy atom. The van der Waals surface area contributed by atoms with Crippen LogP contribution < -0.4 is 10.4 Å². The molecule has 0 bridgehead atoms. The van der Waals surface area contributed by atoms with Gasteiger partial charge in [0.1, 0.15) is 0 Å². The van der Waals surface area contributed by atoms with E-state index in [-0.39, 0.29) is 21.7 Å². The molecule has 0 saturated heterocycles. The Kier molecular flexibility index (Phi) is 14.1. The van der Waals surface area contributed by atoms with Crippen LogP contribution in [-0.4, -0.2) is 8.07 Å². The molecule has 8 aromatic rings. The maximum Gasteiger partial charge on any atom is 4.00 e. The molecular formula is C52H56SiTi.